The predicted molar refractivity (Wildman–Crippen MR) is 83.9 cm³/mol. The Hall–Kier alpha value is -2.33. The van der Waals surface area contributed by atoms with E-state index < -0.39 is 0 Å². The first kappa shape index (κ1) is 13.6. The van der Waals surface area contributed by atoms with Gasteiger partial charge in [0.1, 0.15) is 0 Å². The van der Waals surface area contributed by atoms with Crippen LogP contribution >= 0.6 is 0 Å². The first-order chi connectivity index (χ1) is 10.2. The number of para-hydroxylation sites is 1. The Bertz CT molecular complexity index is 777. The maximum Gasteiger partial charge on any atom is 0.0753 e. The van der Waals surface area contributed by atoms with Crippen molar-refractivity contribution in [3.05, 3.63) is 65.1 Å². The fourth-order valence-corrected chi connectivity index (χ4v) is 2.62. The SMILES string of the molecule is CCc1nnc(C)cc1C(N)c1cccc2cccnc12. The van der Waals surface area contributed by atoms with Gasteiger partial charge in [0.05, 0.1) is 22.9 Å². The van der Waals surface area contributed by atoms with Gasteiger partial charge < -0.3 is 5.73 Å². The van der Waals surface area contributed by atoms with Crippen LogP contribution in [-0.4, -0.2) is 15.2 Å². The molecule has 0 bridgehead atoms. The zero-order valence-corrected chi connectivity index (χ0v) is 12.2. The Morgan fingerprint density at radius 3 is 2.71 bits per heavy atom. The summed E-state index contributed by atoms with van der Waals surface area (Å²) in [6.07, 6.45) is 2.61. The summed E-state index contributed by atoms with van der Waals surface area (Å²) in [6, 6.07) is 11.9. The first-order valence-corrected chi connectivity index (χ1v) is 7.13. The molecule has 2 N–H and O–H groups in total. The Morgan fingerprint density at radius 1 is 1.10 bits per heavy atom. The van der Waals surface area contributed by atoms with Crippen LogP contribution in [-0.2, 0) is 6.42 Å². The maximum absolute atomic E-state index is 6.52. The largest absolute Gasteiger partial charge is 0.320 e. The Balaban J connectivity index is 2.17. The molecule has 4 heteroatoms. The molecule has 0 aliphatic heterocycles. The lowest BCUT2D eigenvalue weighted by Gasteiger charge is -2.17. The van der Waals surface area contributed by atoms with Crippen LogP contribution in [0.4, 0.5) is 0 Å². The van der Waals surface area contributed by atoms with E-state index in [1.165, 1.54) is 0 Å². The summed E-state index contributed by atoms with van der Waals surface area (Å²) in [6.45, 7) is 4.00. The van der Waals surface area contributed by atoms with E-state index in [-0.39, 0.29) is 6.04 Å². The molecule has 1 unspecified atom stereocenters. The quantitative estimate of drug-likeness (QED) is 0.800. The van der Waals surface area contributed by atoms with Gasteiger partial charge in [-0.3, -0.25) is 4.98 Å². The topological polar surface area (TPSA) is 64.7 Å². The van der Waals surface area contributed by atoms with Crippen molar-refractivity contribution < 1.29 is 0 Å². The molecule has 2 heterocycles. The zero-order valence-electron chi connectivity index (χ0n) is 12.2. The lowest BCUT2D eigenvalue weighted by molar-refractivity contribution is 0.792. The van der Waals surface area contributed by atoms with Gasteiger partial charge in [-0.1, -0.05) is 31.2 Å². The molecule has 4 nitrogen and oxygen atoms in total. The summed E-state index contributed by atoms with van der Waals surface area (Å²) in [7, 11) is 0. The summed E-state index contributed by atoms with van der Waals surface area (Å²) in [4.78, 5) is 4.49. The Labute approximate surface area is 124 Å². The molecule has 0 aliphatic carbocycles. The van der Waals surface area contributed by atoms with Crippen LogP contribution in [0.3, 0.4) is 0 Å². The number of hydrogen-bond donors (Lipinski definition) is 1. The van der Waals surface area contributed by atoms with Gasteiger partial charge in [-0.15, -0.1) is 0 Å². The molecule has 3 aromatic rings. The van der Waals surface area contributed by atoms with E-state index >= 15 is 0 Å². The van der Waals surface area contributed by atoms with E-state index in [0.29, 0.717) is 0 Å². The summed E-state index contributed by atoms with van der Waals surface area (Å²) in [5.74, 6) is 0. The number of nitrogens with two attached hydrogens (primary N) is 1. The molecule has 0 spiro atoms. The van der Waals surface area contributed by atoms with E-state index in [2.05, 4.69) is 34.2 Å². The van der Waals surface area contributed by atoms with Gasteiger partial charge in [-0.25, -0.2) is 0 Å². The van der Waals surface area contributed by atoms with Crippen molar-refractivity contribution in [2.24, 2.45) is 5.73 Å². The summed E-state index contributed by atoms with van der Waals surface area (Å²) in [5.41, 5.74) is 11.3. The van der Waals surface area contributed by atoms with Crippen LogP contribution in [0.25, 0.3) is 10.9 Å². The first-order valence-electron chi connectivity index (χ1n) is 7.13. The van der Waals surface area contributed by atoms with Crippen LogP contribution in [0.1, 0.15) is 35.5 Å². The highest BCUT2D eigenvalue weighted by Gasteiger charge is 2.17. The molecule has 0 amide bonds. The molecule has 0 aliphatic rings. The van der Waals surface area contributed by atoms with Crippen LogP contribution in [0.2, 0.25) is 0 Å². The Kier molecular flexibility index (Phi) is 3.62. The van der Waals surface area contributed by atoms with Crippen LogP contribution < -0.4 is 5.73 Å². The molecular formula is C17H18N4. The van der Waals surface area contributed by atoms with Crippen molar-refractivity contribution in [3.63, 3.8) is 0 Å². The monoisotopic (exact) mass is 278 g/mol. The smallest absolute Gasteiger partial charge is 0.0753 e. The number of benzene rings is 1. The number of fused-ring (bicyclic) bond motifs is 1. The van der Waals surface area contributed by atoms with Crippen LogP contribution in [0, 0.1) is 6.92 Å². The number of rotatable bonds is 3. The van der Waals surface area contributed by atoms with Crippen LogP contribution in [0.15, 0.2) is 42.6 Å². The normalized spacial score (nSPS) is 12.5. The second-order valence-electron chi connectivity index (χ2n) is 5.14. The highest BCUT2D eigenvalue weighted by molar-refractivity contribution is 5.82. The third kappa shape index (κ3) is 2.50. The number of pyridine rings is 1. The standard InChI is InChI=1S/C17H18N4/c1-3-15-14(10-11(2)20-21-15)16(18)13-8-4-6-12-7-5-9-19-17(12)13/h4-10,16H,3,18H2,1-2H3. The summed E-state index contributed by atoms with van der Waals surface area (Å²) >= 11 is 0. The van der Waals surface area contributed by atoms with E-state index in [1.807, 2.05) is 31.2 Å². The van der Waals surface area contributed by atoms with Gasteiger partial charge in [-0.2, -0.15) is 10.2 Å². The minimum atomic E-state index is -0.243. The lowest BCUT2D eigenvalue weighted by atomic mass is 9.95. The number of aromatic nitrogens is 3. The number of hydrogen-bond acceptors (Lipinski definition) is 4. The molecule has 0 saturated heterocycles. The molecule has 21 heavy (non-hydrogen) atoms. The van der Waals surface area contributed by atoms with Crippen LogP contribution in [0.5, 0.6) is 0 Å². The average molecular weight is 278 g/mol. The fraction of sp³-hybridized carbons (Fsp3) is 0.235. The average Bonchev–Trinajstić information content (AvgIpc) is 2.53. The number of nitrogens with zero attached hydrogens (tertiary/aromatic N) is 3. The minimum absolute atomic E-state index is 0.243. The molecule has 0 fully saturated rings. The van der Waals surface area contributed by atoms with Crippen molar-refractivity contribution in [3.8, 4) is 0 Å². The van der Waals surface area contributed by atoms with Gasteiger partial charge in [0.2, 0.25) is 0 Å². The van der Waals surface area contributed by atoms with Gasteiger partial charge in [0.15, 0.2) is 0 Å². The molecule has 1 aromatic carbocycles. The van der Waals surface area contributed by atoms with E-state index in [1.54, 1.807) is 6.20 Å². The second-order valence-corrected chi connectivity index (χ2v) is 5.14. The van der Waals surface area contributed by atoms with Crippen molar-refractivity contribution in [2.75, 3.05) is 0 Å². The summed E-state index contributed by atoms with van der Waals surface area (Å²) in [5, 5.41) is 9.50. The van der Waals surface area contributed by atoms with E-state index in [9.17, 15) is 0 Å². The minimum Gasteiger partial charge on any atom is -0.320 e. The molecule has 106 valence electrons. The van der Waals surface area contributed by atoms with Gasteiger partial charge in [0, 0.05) is 11.6 Å². The maximum atomic E-state index is 6.52. The van der Waals surface area contributed by atoms with E-state index in [4.69, 9.17) is 5.73 Å². The lowest BCUT2D eigenvalue weighted by Crippen LogP contribution is -2.16. The molecule has 0 saturated carbocycles. The molecule has 3 rings (SSSR count). The highest BCUT2D eigenvalue weighted by atomic mass is 15.1. The van der Waals surface area contributed by atoms with Crippen molar-refractivity contribution in [1.29, 1.82) is 0 Å². The van der Waals surface area contributed by atoms with Crippen molar-refractivity contribution in [1.82, 2.24) is 15.2 Å². The third-order valence-electron chi connectivity index (χ3n) is 3.69. The highest BCUT2D eigenvalue weighted by Crippen LogP contribution is 2.27. The van der Waals surface area contributed by atoms with Crippen molar-refractivity contribution in [2.45, 2.75) is 26.3 Å². The van der Waals surface area contributed by atoms with E-state index in [0.717, 1.165) is 39.8 Å². The predicted octanol–water partition coefficient (Wildman–Crippen LogP) is 2.94. The fourth-order valence-electron chi connectivity index (χ4n) is 2.62. The molecule has 1 atom stereocenters. The molecular weight excluding hydrogens is 260 g/mol. The van der Waals surface area contributed by atoms with Gasteiger partial charge >= 0.3 is 0 Å². The third-order valence-corrected chi connectivity index (χ3v) is 3.69. The summed E-state index contributed by atoms with van der Waals surface area (Å²) < 4.78 is 0. The van der Waals surface area contributed by atoms with Crippen molar-refractivity contribution >= 4 is 10.9 Å². The molecule has 0 radical (unpaired) electrons. The van der Waals surface area contributed by atoms with Gasteiger partial charge in [-0.05, 0) is 36.6 Å². The number of aryl methyl sites for hydroxylation is 2. The Morgan fingerprint density at radius 2 is 1.90 bits per heavy atom. The second kappa shape index (κ2) is 5.58. The zero-order chi connectivity index (χ0) is 14.8. The van der Waals surface area contributed by atoms with Gasteiger partial charge in [0.25, 0.3) is 0 Å². The molecule has 2 aromatic heterocycles.